The van der Waals surface area contributed by atoms with E-state index < -0.39 is 11.6 Å². The molecule has 0 fully saturated rings. The van der Waals surface area contributed by atoms with Gasteiger partial charge in [0.15, 0.2) is 5.60 Å². The van der Waals surface area contributed by atoms with Crippen LogP contribution in [0.25, 0.3) is 0 Å². The number of hydrogen-bond acceptors (Lipinski definition) is 4. The standard InChI is InChI=1S/C8H8O2.C5H10N2OS2/c9-8(10)6-7-4-2-1-3-5-7;1-5(8-2,3(6)9)4(7)10/h1-5H,6H2,(H,9,10);1-2H3,(H2,6,9)(H2,7,10). The molecule has 0 heterocycles. The summed E-state index contributed by atoms with van der Waals surface area (Å²) in [7, 11) is 1.46. The Hall–Kier alpha value is -1.57. The Bertz CT molecular complexity index is 464. The smallest absolute Gasteiger partial charge is 0.307 e. The number of nitrogens with two attached hydrogens (primary N) is 2. The first kappa shape index (κ1) is 18.4. The zero-order valence-corrected chi connectivity index (χ0v) is 13.0. The molecule has 1 aromatic carbocycles. The fourth-order valence-electron chi connectivity index (χ4n) is 1.09. The number of hydrogen-bond donors (Lipinski definition) is 3. The molecule has 0 bridgehead atoms. The summed E-state index contributed by atoms with van der Waals surface area (Å²) < 4.78 is 4.93. The topological polar surface area (TPSA) is 98.6 Å². The third-order valence-corrected chi connectivity index (χ3v) is 3.33. The highest BCUT2D eigenvalue weighted by atomic mass is 32.1. The summed E-state index contributed by atoms with van der Waals surface area (Å²) in [4.78, 5) is 10.5. The van der Waals surface area contributed by atoms with Gasteiger partial charge in [0.25, 0.3) is 0 Å². The molecule has 0 aromatic heterocycles. The van der Waals surface area contributed by atoms with E-state index in [-0.39, 0.29) is 16.4 Å². The molecular weight excluding hydrogens is 296 g/mol. The zero-order valence-electron chi connectivity index (χ0n) is 11.3. The molecule has 1 rings (SSSR count). The lowest BCUT2D eigenvalue weighted by Crippen LogP contribution is -2.51. The molecule has 1 aromatic rings. The van der Waals surface area contributed by atoms with Crippen molar-refractivity contribution in [1.82, 2.24) is 0 Å². The van der Waals surface area contributed by atoms with Crippen LogP contribution in [0.5, 0.6) is 0 Å². The average Bonchev–Trinajstić information content (AvgIpc) is 2.38. The first-order chi connectivity index (χ1) is 9.24. The molecule has 0 saturated carbocycles. The molecule has 0 aliphatic heterocycles. The van der Waals surface area contributed by atoms with Crippen molar-refractivity contribution in [3.05, 3.63) is 35.9 Å². The highest BCUT2D eigenvalue weighted by Gasteiger charge is 2.30. The second-order valence-electron chi connectivity index (χ2n) is 4.02. The van der Waals surface area contributed by atoms with E-state index in [0.29, 0.717) is 0 Å². The van der Waals surface area contributed by atoms with Gasteiger partial charge in [0.1, 0.15) is 9.98 Å². The number of aliphatic carboxylic acids is 1. The summed E-state index contributed by atoms with van der Waals surface area (Å²) in [6.45, 7) is 1.64. The van der Waals surface area contributed by atoms with Gasteiger partial charge in [-0.3, -0.25) is 4.79 Å². The maximum absolute atomic E-state index is 10.2. The van der Waals surface area contributed by atoms with Crippen LogP contribution < -0.4 is 11.5 Å². The molecule has 0 amide bonds. The maximum Gasteiger partial charge on any atom is 0.307 e. The molecule has 7 heteroatoms. The minimum absolute atomic E-state index is 0.112. The second kappa shape index (κ2) is 8.57. The van der Waals surface area contributed by atoms with Crippen molar-refractivity contribution in [1.29, 1.82) is 0 Å². The quantitative estimate of drug-likeness (QED) is 0.704. The van der Waals surface area contributed by atoms with Gasteiger partial charge in [-0.05, 0) is 12.5 Å². The Kier molecular flexibility index (Phi) is 7.90. The van der Waals surface area contributed by atoms with Crippen molar-refractivity contribution in [2.45, 2.75) is 18.9 Å². The third kappa shape index (κ3) is 6.05. The van der Waals surface area contributed by atoms with Crippen LogP contribution in [0, 0.1) is 0 Å². The van der Waals surface area contributed by atoms with Crippen molar-refractivity contribution >= 4 is 40.4 Å². The molecule has 0 unspecified atom stereocenters. The number of ether oxygens (including phenoxy) is 1. The summed E-state index contributed by atoms with van der Waals surface area (Å²) in [6.07, 6.45) is 0.112. The van der Waals surface area contributed by atoms with E-state index in [1.807, 2.05) is 18.2 Å². The largest absolute Gasteiger partial charge is 0.481 e. The Labute approximate surface area is 128 Å². The fraction of sp³-hybridized carbons (Fsp3) is 0.308. The molecule has 0 radical (unpaired) electrons. The van der Waals surface area contributed by atoms with E-state index >= 15 is 0 Å². The maximum atomic E-state index is 10.2. The minimum Gasteiger partial charge on any atom is -0.481 e. The van der Waals surface area contributed by atoms with Crippen molar-refractivity contribution < 1.29 is 14.6 Å². The second-order valence-corrected chi connectivity index (χ2v) is 4.90. The Morgan fingerprint density at radius 2 is 1.70 bits per heavy atom. The predicted octanol–water partition coefficient (Wildman–Crippen LogP) is 1.28. The molecule has 0 spiro atoms. The van der Waals surface area contributed by atoms with Gasteiger partial charge in [0, 0.05) is 7.11 Å². The van der Waals surface area contributed by atoms with Gasteiger partial charge in [0.05, 0.1) is 6.42 Å². The van der Waals surface area contributed by atoms with Gasteiger partial charge in [-0.2, -0.15) is 0 Å². The Morgan fingerprint density at radius 1 is 1.25 bits per heavy atom. The van der Waals surface area contributed by atoms with Crippen LogP contribution in [-0.2, 0) is 16.0 Å². The van der Waals surface area contributed by atoms with E-state index in [0.717, 1.165) is 5.56 Å². The lowest BCUT2D eigenvalue weighted by Gasteiger charge is -2.24. The first-order valence-electron chi connectivity index (χ1n) is 5.64. The fourth-order valence-corrected chi connectivity index (χ4v) is 1.54. The lowest BCUT2D eigenvalue weighted by atomic mass is 10.1. The van der Waals surface area contributed by atoms with Gasteiger partial charge >= 0.3 is 5.97 Å². The molecule has 0 saturated heterocycles. The van der Waals surface area contributed by atoms with Crippen molar-refractivity contribution in [2.75, 3.05) is 7.11 Å². The van der Waals surface area contributed by atoms with Crippen molar-refractivity contribution in [3.8, 4) is 0 Å². The summed E-state index contributed by atoms with van der Waals surface area (Å²) in [6, 6.07) is 9.13. The molecule has 20 heavy (non-hydrogen) atoms. The molecular formula is C13H18N2O3S2. The number of thiocarbonyl (C=S) groups is 2. The van der Waals surface area contributed by atoms with Gasteiger partial charge in [0.2, 0.25) is 0 Å². The van der Waals surface area contributed by atoms with Gasteiger partial charge in [-0.1, -0.05) is 54.8 Å². The Balaban J connectivity index is 0.000000361. The van der Waals surface area contributed by atoms with E-state index in [1.165, 1.54) is 7.11 Å². The van der Waals surface area contributed by atoms with E-state index in [2.05, 4.69) is 0 Å². The number of benzene rings is 1. The van der Waals surface area contributed by atoms with Gasteiger partial charge in [-0.25, -0.2) is 0 Å². The van der Waals surface area contributed by atoms with Crippen molar-refractivity contribution in [2.24, 2.45) is 11.5 Å². The highest BCUT2D eigenvalue weighted by molar-refractivity contribution is 7.82. The molecule has 5 nitrogen and oxygen atoms in total. The highest BCUT2D eigenvalue weighted by Crippen LogP contribution is 2.09. The van der Waals surface area contributed by atoms with Gasteiger partial charge in [-0.15, -0.1) is 0 Å². The molecule has 110 valence electrons. The molecule has 0 aliphatic carbocycles. The van der Waals surface area contributed by atoms with Crippen LogP contribution in [0.3, 0.4) is 0 Å². The summed E-state index contributed by atoms with van der Waals surface area (Å²) in [5.74, 6) is -0.786. The lowest BCUT2D eigenvalue weighted by molar-refractivity contribution is -0.136. The monoisotopic (exact) mass is 314 g/mol. The van der Waals surface area contributed by atoms with Crippen molar-refractivity contribution in [3.63, 3.8) is 0 Å². The van der Waals surface area contributed by atoms with Crippen LogP contribution in [0.1, 0.15) is 12.5 Å². The third-order valence-electron chi connectivity index (χ3n) is 2.55. The average molecular weight is 314 g/mol. The number of carbonyl (C=O) groups is 1. The zero-order chi connectivity index (χ0) is 15.8. The normalized spacial score (nSPS) is 10.1. The first-order valence-corrected chi connectivity index (χ1v) is 6.46. The Morgan fingerprint density at radius 3 is 1.95 bits per heavy atom. The number of carboxylic acids is 1. The van der Waals surface area contributed by atoms with Gasteiger partial charge < -0.3 is 21.3 Å². The summed E-state index contributed by atoms with van der Waals surface area (Å²) >= 11 is 9.38. The van der Waals surface area contributed by atoms with Crippen LogP contribution >= 0.6 is 24.4 Å². The SMILES string of the molecule is COC(C)(C(N)=S)C(N)=S.O=C(O)Cc1ccccc1. The van der Waals surface area contributed by atoms with Crippen LogP contribution in [0.2, 0.25) is 0 Å². The summed E-state index contributed by atoms with van der Waals surface area (Å²) in [5.41, 5.74) is 10.5. The molecule has 5 N–H and O–H groups in total. The minimum atomic E-state index is -0.940. The predicted molar refractivity (Wildman–Crippen MR) is 86.8 cm³/mol. The van der Waals surface area contributed by atoms with E-state index in [1.54, 1.807) is 19.1 Å². The van der Waals surface area contributed by atoms with E-state index in [9.17, 15) is 4.79 Å². The number of rotatable bonds is 5. The van der Waals surface area contributed by atoms with Crippen LogP contribution in [0.4, 0.5) is 0 Å². The summed E-state index contributed by atoms with van der Waals surface area (Å²) in [5, 5.41) is 8.37. The number of methoxy groups -OCH3 is 1. The van der Waals surface area contributed by atoms with Crippen LogP contribution in [-0.4, -0.2) is 33.8 Å². The molecule has 0 aliphatic rings. The number of carboxylic acid groups (broad SMARTS) is 1. The van der Waals surface area contributed by atoms with Crippen LogP contribution in [0.15, 0.2) is 30.3 Å². The van der Waals surface area contributed by atoms with E-state index in [4.69, 9.17) is 45.7 Å². The molecule has 0 atom stereocenters.